The zero-order valence-electron chi connectivity index (χ0n) is 18.1. The molecule has 0 fully saturated rings. The Bertz CT molecular complexity index is 1200. The van der Waals surface area contributed by atoms with Crippen molar-refractivity contribution in [2.24, 2.45) is 0 Å². The topological polar surface area (TPSA) is 89.2 Å². The first kappa shape index (κ1) is 22.7. The summed E-state index contributed by atoms with van der Waals surface area (Å²) < 4.78 is 16.8. The van der Waals surface area contributed by atoms with E-state index < -0.39 is 23.5 Å². The maximum Gasteiger partial charge on any atom is 0.290 e. The highest BCUT2D eigenvalue weighted by Gasteiger charge is 2.44. The van der Waals surface area contributed by atoms with Crippen molar-refractivity contribution in [3.05, 3.63) is 93.6 Å². The molecule has 0 radical (unpaired) electrons. The first-order valence-electron chi connectivity index (χ1n) is 10.2. The summed E-state index contributed by atoms with van der Waals surface area (Å²) in [4.78, 5) is 27.7. The number of aliphatic hydroxyl groups excluding tert-OH is 1. The van der Waals surface area contributed by atoms with Gasteiger partial charge in [-0.2, -0.15) is 0 Å². The van der Waals surface area contributed by atoms with Crippen molar-refractivity contribution in [2.45, 2.75) is 12.5 Å². The van der Waals surface area contributed by atoms with E-state index in [9.17, 15) is 14.7 Å². The monoisotopic (exact) mass is 511 g/mol. The summed E-state index contributed by atoms with van der Waals surface area (Å²) in [6, 6.07) is 15.2. The van der Waals surface area contributed by atoms with Gasteiger partial charge in [0.05, 0.1) is 32.1 Å². The minimum absolute atomic E-state index is 0.00424. The molecule has 1 aliphatic heterocycles. The smallest absolute Gasteiger partial charge is 0.290 e. The van der Waals surface area contributed by atoms with Crippen LogP contribution < -0.4 is 9.47 Å². The first-order chi connectivity index (χ1) is 15.9. The van der Waals surface area contributed by atoms with Gasteiger partial charge in [0.15, 0.2) is 23.0 Å². The molecular weight excluding hydrogens is 490 g/mol. The lowest BCUT2D eigenvalue weighted by molar-refractivity contribution is -0.129. The fourth-order valence-corrected chi connectivity index (χ4v) is 4.20. The number of amides is 1. The molecule has 1 amide bonds. The van der Waals surface area contributed by atoms with E-state index in [1.54, 1.807) is 26.4 Å². The minimum atomic E-state index is -0.747. The third-order valence-electron chi connectivity index (χ3n) is 5.57. The van der Waals surface area contributed by atoms with E-state index in [2.05, 4.69) is 15.9 Å². The highest BCUT2D eigenvalue weighted by Crippen LogP contribution is 2.39. The van der Waals surface area contributed by atoms with E-state index in [0.29, 0.717) is 23.5 Å². The van der Waals surface area contributed by atoms with E-state index in [1.807, 2.05) is 36.4 Å². The van der Waals surface area contributed by atoms with Crippen molar-refractivity contribution in [3.63, 3.8) is 0 Å². The molecule has 4 rings (SSSR count). The summed E-state index contributed by atoms with van der Waals surface area (Å²) in [7, 11) is 3.12. The molecule has 1 N–H and O–H groups in total. The number of nitrogens with zero attached hydrogens (tertiary/aromatic N) is 1. The fourth-order valence-electron chi connectivity index (χ4n) is 3.93. The van der Waals surface area contributed by atoms with Crippen LogP contribution in [0.4, 0.5) is 0 Å². The fraction of sp³-hybridized carbons (Fsp3) is 0.200. The number of methoxy groups -OCH3 is 2. The van der Waals surface area contributed by atoms with Crippen molar-refractivity contribution in [1.29, 1.82) is 0 Å². The Balaban J connectivity index is 1.67. The maximum atomic E-state index is 13.2. The number of ketones is 1. The van der Waals surface area contributed by atoms with Crippen LogP contribution in [0.5, 0.6) is 11.5 Å². The van der Waals surface area contributed by atoms with Crippen LogP contribution in [0.1, 0.15) is 27.7 Å². The second kappa shape index (κ2) is 9.54. The molecular formula is C25H22BrNO6. The Morgan fingerprint density at radius 1 is 1.09 bits per heavy atom. The third kappa shape index (κ3) is 4.39. The Kier molecular flexibility index (Phi) is 6.55. The normalized spacial score (nSPS) is 15.8. The van der Waals surface area contributed by atoms with E-state index in [1.165, 1.54) is 17.2 Å². The minimum Gasteiger partial charge on any atom is -0.503 e. The first-order valence-corrected chi connectivity index (χ1v) is 11.0. The average Bonchev–Trinajstić information content (AvgIpc) is 3.45. The number of halogens is 1. The lowest BCUT2D eigenvalue weighted by atomic mass is 9.95. The van der Waals surface area contributed by atoms with E-state index in [-0.39, 0.29) is 17.9 Å². The second-order valence-electron chi connectivity index (χ2n) is 7.46. The molecule has 170 valence electrons. The molecule has 1 aliphatic rings. The van der Waals surface area contributed by atoms with Crippen LogP contribution in [0.3, 0.4) is 0 Å². The van der Waals surface area contributed by atoms with E-state index in [0.717, 1.165) is 10.0 Å². The summed E-state index contributed by atoms with van der Waals surface area (Å²) in [5, 5.41) is 10.7. The van der Waals surface area contributed by atoms with Gasteiger partial charge in [-0.3, -0.25) is 9.59 Å². The molecule has 1 aromatic heterocycles. The highest BCUT2D eigenvalue weighted by molar-refractivity contribution is 9.10. The molecule has 8 heteroatoms. The molecule has 0 spiro atoms. The zero-order valence-corrected chi connectivity index (χ0v) is 19.7. The number of Topliss-reactive ketones (excluding diaryl/α,β-unsaturated/α-hetero) is 1. The second-order valence-corrected chi connectivity index (χ2v) is 8.38. The van der Waals surface area contributed by atoms with Crippen LogP contribution in [0.2, 0.25) is 0 Å². The number of carbonyl (C=O) groups excluding carboxylic acids is 2. The van der Waals surface area contributed by atoms with Gasteiger partial charge in [-0.15, -0.1) is 0 Å². The average molecular weight is 512 g/mol. The quantitative estimate of drug-likeness (QED) is 0.433. The van der Waals surface area contributed by atoms with Crippen LogP contribution in [0, 0.1) is 0 Å². The standard InChI is InChI=1S/C25H22BrNO6/c1-31-18-10-5-15(14-20(18)32-2)11-12-27-22(16-6-8-17(26)9-7-16)21(24(29)25(27)30)23(28)19-4-3-13-33-19/h3-10,13-14,22,29H,11-12H2,1-2H3/t22-/m1/s1. The summed E-state index contributed by atoms with van der Waals surface area (Å²) in [6.45, 7) is 0.272. The van der Waals surface area contributed by atoms with Gasteiger partial charge in [0.1, 0.15) is 0 Å². The molecule has 2 aromatic carbocycles. The SMILES string of the molecule is COc1ccc(CCN2C(=O)C(O)=C(C(=O)c3ccco3)[C@H]2c2ccc(Br)cc2)cc1OC. The lowest BCUT2D eigenvalue weighted by Gasteiger charge is -2.27. The number of aliphatic hydroxyl groups is 1. The number of benzene rings is 2. The number of furan rings is 1. The molecule has 0 aliphatic carbocycles. The molecule has 7 nitrogen and oxygen atoms in total. The van der Waals surface area contributed by atoms with Crippen LogP contribution in [0.25, 0.3) is 0 Å². The summed E-state index contributed by atoms with van der Waals surface area (Å²) in [6.07, 6.45) is 1.86. The van der Waals surface area contributed by atoms with Crippen molar-refractivity contribution < 1.29 is 28.6 Å². The lowest BCUT2D eigenvalue weighted by Crippen LogP contribution is -2.33. The van der Waals surface area contributed by atoms with Gasteiger partial charge in [0.2, 0.25) is 5.78 Å². The van der Waals surface area contributed by atoms with Crippen molar-refractivity contribution in [3.8, 4) is 11.5 Å². The predicted octanol–water partition coefficient (Wildman–Crippen LogP) is 4.88. The molecule has 0 saturated carbocycles. The van der Waals surface area contributed by atoms with Crippen LogP contribution in [-0.4, -0.2) is 42.5 Å². The molecule has 0 bridgehead atoms. The van der Waals surface area contributed by atoms with Gasteiger partial charge >= 0.3 is 0 Å². The number of hydrogen-bond donors (Lipinski definition) is 1. The van der Waals surface area contributed by atoms with Crippen molar-refractivity contribution >= 4 is 27.6 Å². The predicted molar refractivity (Wildman–Crippen MR) is 125 cm³/mol. The Hall–Kier alpha value is -3.52. The van der Waals surface area contributed by atoms with Gasteiger partial charge in [-0.25, -0.2) is 0 Å². The van der Waals surface area contributed by atoms with Crippen LogP contribution in [-0.2, 0) is 11.2 Å². The van der Waals surface area contributed by atoms with E-state index in [4.69, 9.17) is 13.9 Å². The summed E-state index contributed by atoms with van der Waals surface area (Å²) in [5.74, 6) is -0.422. The molecule has 1 atom stereocenters. The molecule has 33 heavy (non-hydrogen) atoms. The number of rotatable bonds is 8. The van der Waals surface area contributed by atoms with Crippen LogP contribution in [0.15, 0.2) is 81.1 Å². The number of ether oxygens (including phenoxy) is 2. The summed E-state index contributed by atoms with van der Waals surface area (Å²) in [5.41, 5.74) is 1.63. The zero-order chi connectivity index (χ0) is 23.5. The van der Waals surface area contributed by atoms with Gasteiger partial charge in [0, 0.05) is 11.0 Å². The Morgan fingerprint density at radius 3 is 2.45 bits per heavy atom. The van der Waals surface area contributed by atoms with Crippen molar-refractivity contribution in [2.75, 3.05) is 20.8 Å². The largest absolute Gasteiger partial charge is 0.503 e. The molecule has 3 aromatic rings. The summed E-state index contributed by atoms with van der Waals surface area (Å²) >= 11 is 3.41. The van der Waals surface area contributed by atoms with Gasteiger partial charge in [-0.1, -0.05) is 34.1 Å². The molecule has 2 heterocycles. The highest BCUT2D eigenvalue weighted by atomic mass is 79.9. The van der Waals surface area contributed by atoms with Crippen LogP contribution >= 0.6 is 15.9 Å². The Labute approximate surface area is 199 Å². The third-order valence-corrected chi connectivity index (χ3v) is 6.10. The Morgan fingerprint density at radius 2 is 1.82 bits per heavy atom. The maximum absolute atomic E-state index is 13.2. The van der Waals surface area contributed by atoms with E-state index >= 15 is 0 Å². The van der Waals surface area contributed by atoms with Gasteiger partial charge < -0.3 is 23.9 Å². The number of hydrogen-bond acceptors (Lipinski definition) is 6. The van der Waals surface area contributed by atoms with Gasteiger partial charge in [0.25, 0.3) is 5.91 Å². The van der Waals surface area contributed by atoms with Crippen molar-refractivity contribution in [1.82, 2.24) is 4.90 Å². The van der Waals surface area contributed by atoms with Gasteiger partial charge in [-0.05, 0) is 53.9 Å². The number of carbonyl (C=O) groups is 2. The molecule has 0 saturated heterocycles. The molecule has 0 unspecified atom stereocenters.